The number of benzene rings is 10. The van der Waals surface area contributed by atoms with Crippen LogP contribution in [0.1, 0.15) is 99.9 Å². The Labute approximate surface area is 627 Å². The molecule has 12 rings (SSSR count). The maximum atomic E-state index is 2.29. The predicted molar refractivity (Wildman–Crippen MR) is 478 cm³/mol. The van der Waals surface area contributed by atoms with Crippen molar-refractivity contribution >= 4 is 167 Å². The summed E-state index contributed by atoms with van der Waals surface area (Å²) >= 11 is 0. The van der Waals surface area contributed by atoms with Gasteiger partial charge in [0, 0.05) is 0 Å². The highest BCUT2D eigenvalue weighted by Crippen LogP contribution is 2.26. The smallest absolute Gasteiger partial charge is 0.0245 e. The highest BCUT2D eigenvalue weighted by atomic mass is 14.1. The van der Waals surface area contributed by atoms with Crippen LogP contribution in [0.15, 0.2) is 364 Å². The second kappa shape index (κ2) is 36.4. The molecular formula is C106H92. The number of hydrogen-bond donors (Lipinski definition) is 0. The zero-order valence-corrected chi connectivity index (χ0v) is 62.3. The molecule has 0 heterocycles. The van der Waals surface area contributed by atoms with Gasteiger partial charge in [0.25, 0.3) is 0 Å². The Morgan fingerprint density at radius 3 is 0.236 bits per heavy atom. The first-order valence-electron chi connectivity index (χ1n) is 36.9. The number of allylic oxidation sites excluding steroid dienone is 8. The van der Waals surface area contributed by atoms with Gasteiger partial charge in [-0.2, -0.15) is 0 Å². The summed E-state index contributed by atoms with van der Waals surface area (Å²) < 4.78 is 0. The molecule has 0 amide bonds. The van der Waals surface area contributed by atoms with E-state index in [4.69, 9.17) is 0 Å². The number of hydrogen-bond acceptors (Lipinski definition) is 0. The van der Waals surface area contributed by atoms with E-state index in [0.717, 1.165) is 163 Å². The van der Waals surface area contributed by atoms with Gasteiger partial charge < -0.3 is 0 Å². The minimum Gasteiger partial charge on any atom is -0.0871 e. The zero-order valence-electron chi connectivity index (χ0n) is 62.3. The van der Waals surface area contributed by atoms with Crippen LogP contribution >= 0.6 is 0 Å². The van der Waals surface area contributed by atoms with Gasteiger partial charge in [-0.15, -0.1) is 0 Å². The lowest BCUT2D eigenvalue weighted by Crippen LogP contribution is -1.75. The van der Waals surface area contributed by atoms with Gasteiger partial charge >= 0.3 is 0 Å². The molecule has 0 saturated heterocycles. The number of fused-ring (bicyclic) bond motifs is 21. The molecule has 22 bridgehead atoms. The maximum absolute atomic E-state index is 2.29. The van der Waals surface area contributed by atoms with Crippen molar-refractivity contribution < 1.29 is 0 Å². The van der Waals surface area contributed by atoms with E-state index < -0.39 is 0 Å². The Morgan fingerprint density at radius 1 is 0.104 bits per heavy atom. The molecule has 0 fully saturated rings. The van der Waals surface area contributed by atoms with Gasteiger partial charge in [-0.05, 0) is 400 Å². The summed E-state index contributed by atoms with van der Waals surface area (Å²) in [5.74, 6) is 0. The van der Waals surface area contributed by atoms with E-state index >= 15 is 0 Å². The third-order valence-corrected chi connectivity index (χ3v) is 18.0. The van der Waals surface area contributed by atoms with Crippen molar-refractivity contribution in [1.82, 2.24) is 0 Å². The van der Waals surface area contributed by atoms with Crippen molar-refractivity contribution in [2.75, 3.05) is 0 Å². The average molecular weight is 1370 g/mol. The molecule has 0 spiro atoms. The highest BCUT2D eigenvalue weighted by molar-refractivity contribution is 5.87. The Hall–Kier alpha value is -12.7. The Kier molecular flexibility index (Phi) is 25.1. The number of rotatable bonds is 8. The van der Waals surface area contributed by atoms with Crippen LogP contribution in [0, 0.1) is 0 Å². The Morgan fingerprint density at radius 2 is 0.170 bits per heavy atom. The van der Waals surface area contributed by atoms with Crippen LogP contribution in [0.25, 0.3) is 167 Å². The molecule has 0 aromatic heterocycles. The minimum atomic E-state index is 1.08. The molecule has 516 valence electrons. The monoisotopic (exact) mass is 1360 g/mol. The summed E-state index contributed by atoms with van der Waals surface area (Å²) in [5, 5.41) is 24.4. The van der Waals surface area contributed by atoms with Crippen molar-refractivity contribution in [3.8, 4) is 0 Å². The van der Waals surface area contributed by atoms with E-state index in [2.05, 4.69) is 468 Å². The van der Waals surface area contributed by atoms with Crippen molar-refractivity contribution in [1.29, 1.82) is 0 Å². The molecule has 0 nitrogen and oxygen atoms in total. The first-order valence-corrected chi connectivity index (χ1v) is 36.9. The van der Waals surface area contributed by atoms with Crippen LogP contribution < -0.4 is 0 Å². The molecule has 0 saturated carbocycles. The van der Waals surface area contributed by atoms with Crippen LogP contribution in [-0.4, -0.2) is 0 Å². The topological polar surface area (TPSA) is 0 Å². The van der Waals surface area contributed by atoms with E-state index in [9.17, 15) is 0 Å². The van der Waals surface area contributed by atoms with Gasteiger partial charge in [0.2, 0.25) is 0 Å². The molecule has 0 aliphatic heterocycles. The summed E-state index contributed by atoms with van der Waals surface area (Å²) in [5.41, 5.74) is 9.14. The second-order valence-electron chi connectivity index (χ2n) is 27.0. The fourth-order valence-corrected chi connectivity index (χ4v) is 13.6. The second-order valence-corrected chi connectivity index (χ2v) is 27.0. The molecule has 0 unspecified atom stereocenters. The van der Waals surface area contributed by atoms with Gasteiger partial charge in [0.1, 0.15) is 0 Å². The summed E-state index contributed by atoms with van der Waals surface area (Å²) in [6, 6.07) is 118. The molecule has 0 aliphatic rings. The lowest BCUT2D eigenvalue weighted by atomic mass is 10.1. The fourth-order valence-electron chi connectivity index (χ4n) is 13.6. The third-order valence-electron chi connectivity index (χ3n) is 18.0. The van der Waals surface area contributed by atoms with E-state index in [0.29, 0.717) is 0 Å². The zero-order chi connectivity index (χ0) is 73.4. The van der Waals surface area contributed by atoms with Gasteiger partial charge in [0.15, 0.2) is 0 Å². The molecule has 0 atom stereocenters. The predicted octanol–water partition coefficient (Wildman–Crippen LogP) is 31.6. The van der Waals surface area contributed by atoms with Gasteiger partial charge in [-0.1, -0.05) is 231 Å². The van der Waals surface area contributed by atoms with E-state index in [1.54, 1.807) is 0 Å². The standard InChI is InChI=1S/C106H92/c1-9-17-77-47-85-25-26-86-48-78(18-10-2)52-90(64-86)30-34-94-56-82(22-14-6)60-98(68-94)38-43-103-72-104-44-40-100-62-84(24-16-8)58-96(70-100)36-32-92-54-80(20-12-4)50-88(66-92)28-27-87-49-79(19-11-3)53-91(65-87)31-35-95-57-83(23-15-7)61-99(69-95)39-42-102-71-101(73-105(74-102)45-46-106(75-103)76-104)41-37-97-59-81(21-13-5)55-93(67-97)33-29-89(51-77)63-85/h9-76H,1-8H3. The fraction of sp³-hybridized carbons (Fsp3) is 0.0755. The summed E-state index contributed by atoms with van der Waals surface area (Å²) in [4.78, 5) is 0. The molecule has 106 heavy (non-hydrogen) atoms. The highest BCUT2D eigenvalue weighted by Gasteiger charge is 2.01. The first-order chi connectivity index (χ1) is 51.9. The SMILES string of the molecule is CC=Cc1cc2ccc3cc(C=CC)cc(ccc4cc(C=CC)cc(ccc5cc6ccc7cc(C=CC)cc(ccc8cc(C=CC)cc(ccc9cc(C=CC)cc(ccc%10cc(C=CC)cc(ccc%11cc(ccc%12cc(C=CC)cc(ccc(c1)c2)c%12)cc(ccc(c5)c6)c%11)c%10)c9)c8)c7)c4)c3. The lowest BCUT2D eigenvalue weighted by molar-refractivity contribution is 1.69. The van der Waals surface area contributed by atoms with Crippen LogP contribution in [0.5, 0.6) is 0 Å². The normalized spacial score (nSPS) is 11.7. The minimum absolute atomic E-state index is 1.08. The molecule has 0 aliphatic carbocycles. The van der Waals surface area contributed by atoms with Gasteiger partial charge in [-0.25, -0.2) is 0 Å². The summed E-state index contributed by atoms with van der Waals surface area (Å²) in [6.45, 7) is 16.6. The van der Waals surface area contributed by atoms with Crippen molar-refractivity contribution in [2.24, 2.45) is 0 Å². The van der Waals surface area contributed by atoms with Gasteiger partial charge in [-0.3, -0.25) is 0 Å². The van der Waals surface area contributed by atoms with Crippen molar-refractivity contribution in [3.05, 3.63) is 409 Å². The van der Waals surface area contributed by atoms with Crippen LogP contribution in [0.2, 0.25) is 0 Å². The summed E-state index contributed by atoms with van der Waals surface area (Å²) in [7, 11) is 0. The van der Waals surface area contributed by atoms with Gasteiger partial charge in [0.05, 0.1) is 0 Å². The van der Waals surface area contributed by atoms with E-state index in [1.807, 2.05) is 0 Å². The molecule has 0 radical (unpaired) electrons. The van der Waals surface area contributed by atoms with Crippen molar-refractivity contribution in [3.63, 3.8) is 0 Å². The maximum Gasteiger partial charge on any atom is -0.0245 e. The summed E-state index contributed by atoms with van der Waals surface area (Å²) in [6.07, 6.45) is 34.3. The Bertz CT molecular complexity index is 5480. The molecule has 12 aromatic rings. The van der Waals surface area contributed by atoms with Crippen LogP contribution in [0.4, 0.5) is 0 Å². The quantitative estimate of drug-likeness (QED) is 0.142. The third kappa shape index (κ3) is 21.4. The first kappa shape index (κ1) is 73.0. The van der Waals surface area contributed by atoms with E-state index in [1.165, 1.54) is 0 Å². The lowest BCUT2D eigenvalue weighted by Gasteiger charge is -2.00. The van der Waals surface area contributed by atoms with Crippen molar-refractivity contribution in [2.45, 2.75) is 55.4 Å². The molecular weight excluding hydrogens is 1270 g/mol. The molecule has 12 aromatic carbocycles. The van der Waals surface area contributed by atoms with E-state index in [-0.39, 0.29) is 0 Å². The average Bonchev–Trinajstić information content (AvgIpc) is 0.840. The Balaban J connectivity index is 1.18. The molecule has 0 heteroatoms. The molecule has 0 N–H and O–H groups in total. The van der Waals surface area contributed by atoms with Crippen LogP contribution in [-0.2, 0) is 0 Å². The van der Waals surface area contributed by atoms with Crippen LogP contribution in [0.3, 0.4) is 0 Å². The largest absolute Gasteiger partial charge is 0.0871 e.